The molecule has 1 saturated carbocycles. The van der Waals surface area contributed by atoms with E-state index in [0.717, 1.165) is 25.3 Å². The average Bonchev–Trinajstić information content (AvgIpc) is 3.65. The lowest BCUT2D eigenvalue weighted by Gasteiger charge is -2.29. The zero-order valence-electron chi connectivity index (χ0n) is 20.4. The number of aromatic nitrogens is 1. The number of rotatable bonds is 7. The Morgan fingerprint density at radius 2 is 2.00 bits per heavy atom. The number of aromatic amines is 1. The van der Waals surface area contributed by atoms with Gasteiger partial charge in [0.1, 0.15) is 22.6 Å². The molecule has 5 unspecified atom stereocenters. The van der Waals surface area contributed by atoms with Gasteiger partial charge >= 0.3 is 0 Å². The molecule has 1 aliphatic carbocycles. The Morgan fingerprint density at radius 1 is 1.22 bits per heavy atom. The first kappa shape index (κ1) is 26.0. The van der Waals surface area contributed by atoms with E-state index in [9.17, 15) is 23.6 Å². The molecule has 1 aromatic heterocycles. The Kier molecular flexibility index (Phi) is 7.20. The molecule has 1 aromatic carbocycles. The highest BCUT2D eigenvalue weighted by molar-refractivity contribution is 6.40. The summed E-state index contributed by atoms with van der Waals surface area (Å²) in [5.41, 5.74) is 0.379. The van der Waals surface area contributed by atoms with Gasteiger partial charge in [-0.1, -0.05) is 36.5 Å². The Bertz CT molecular complexity index is 1280. The van der Waals surface area contributed by atoms with E-state index < -0.39 is 23.8 Å². The van der Waals surface area contributed by atoms with Gasteiger partial charge in [-0.15, -0.1) is 0 Å². The van der Waals surface area contributed by atoms with Gasteiger partial charge in [0.2, 0.25) is 11.8 Å². The van der Waals surface area contributed by atoms with Gasteiger partial charge in [-0.05, 0) is 49.7 Å². The number of ketones is 1. The third-order valence-corrected chi connectivity index (χ3v) is 8.83. The summed E-state index contributed by atoms with van der Waals surface area (Å²) >= 11 is 12.3. The molecule has 2 saturated heterocycles. The lowest BCUT2D eigenvalue weighted by atomic mass is 9.91. The highest BCUT2D eigenvalue weighted by Crippen LogP contribution is 2.43. The van der Waals surface area contributed by atoms with Crippen LogP contribution in [0.5, 0.6) is 0 Å². The lowest BCUT2D eigenvalue weighted by molar-refractivity contribution is -0.132. The number of halogens is 3. The van der Waals surface area contributed by atoms with Crippen LogP contribution in [-0.2, 0) is 14.4 Å². The fourth-order valence-corrected chi connectivity index (χ4v) is 6.69. The molecule has 3 N–H and O–H groups in total. The Balaban J connectivity index is 1.41. The minimum absolute atomic E-state index is 0.0230. The molecule has 5 rings (SSSR count). The first-order chi connectivity index (χ1) is 17.7. The molecule has 37 heavy (non-hydrogen) atoms. The van der Waals surface area contributed by atoms with E-state index in [0.29, 0.717) is 24.9 Å². The number of amides is 3. The van der Waals surface area contributed by atoms with Crippen molar-refractivity contribution in [2.75, 3.05) is 13.1 Å². The van der Waals surface area contributed by atoms with Crippen LogP contribution in [0.15, 0.2) is 12.1 Å². The van der Waals surface area contributed by atoms with Crippen molar-refractivity contribution in [1.29, 1.82) is 0 Å². The highest BCUT2D eigenvalue weighted by Gasteiger charge is 2.50. The van der Waals surface area contributed by atoms with Crippen LogP contribution in [0.2, 0.25) is 10.0 Å². The van der Waals surface area contributed by atoms with Crippen molar-refractivity contribution >= 4 is 57.6 Å². The molecule has 3 heterocycles. The number of hydrogen-bond acceptors (Lipinski definition) is 4. The molecular formula is C26H29Cl2FN4O4. The van der Waals surface area contributed by atoms with Crippen LogP contribution < -0.4 is 10.6 Å². The molecule has 198 valence electrons. The van der Waals surface area contributed by atoms with Crippen molar-refractivity contribution in [3.8, 4) is 0 Å². The number of likely N-dealkylation sites (tertiary alicyclic amines) is 1. The first-order valence-corrected chi connectivity index (χ1v) is 13.5. The van der Waals surface area contributed by atoms with Crippen LogP contribution in [0.4, 0.5) is 4.39 Å². The van der Waals surface area contributed by atoms with E-state index >= 15 is 0 Å². The fraction of sp³-hybridized carbons (Fsp3) is 0.538. The SMILES string of the molecule is CCC(=O)C(CC1CCNC1=O)NC(=O)C1C2CCCC2CN1C(=O)c1cc2c(Cl)cc(F)c(Cl)c2[nH]1. The lowest BCUT2D eigenvalue weighted by Crippen LogP contribution is -2.53. The topological polar surface area (TPSA) is 111 Å². The van der Waals surface area contributed by atoms with Crippen LogP contribution in [0.25, 0.3) is 10.9 Å². The van der Waals surface area contributed by atoms with Crippen molar-refractivity contribution in [2.45, 2.75) is 57.5 Å². The fourth-order valence-electron chi connectivity index (χ4n) is 6.24. The van der Waals surface area contributed by atoms with Crippen LogP contribution >= 0.6 is 23.2 Å². The molecule has 2 aliphatic heterocycles. The van der Waals surface area contributed by atoms with Gasteiger partial charge in [0.15, 0.2) is 5.78 Å². The van der Waals surface area contributed by atoms with Crippen molar-refractivity contribution in [2.24, 2.45) is 17.8 Å². The Hall–Kier alpha value is -2.65. The second-order valence-corrected chi connectivity index (χ2v) is 11.1. The van der Waals surface area contributed by atoms with Gasteiger partial charge in [0.05, 0.1) is 16.6 Å². The van der Waals surface area contributed by atoms with Crippen LogP contribution in [-0.4, -0.2) is 58.6 Å². The van der Waals surface area contributed by atoms with Crippen molar-refractivity contribution in [3.63, 3.8) is 0 Å². The normalized spacial score (nSPS) is 25.8. The highest BCUT2D eigenvalue weighted by atomic mass is 35.5. The zero-order valence-corrected chi connectivity index (χ0v) is 21.9. The summed E-state index contributed by atoms with van der Waals surface area (Å²) in [6.07, 6.45) is 3.77. The second-order valence-electron chi connectivity index (χ2n) is 10.3. The first-order valence-electron chi connectivity index (χ1n) is 12.8. The van der Waals surface area contributed by atoms with Gasteiger partial charge in [0, 0.05) is 30.8 Å². The molecule has 3 amide bonds. The van der Waals surface area contributed by atoms with Crippen molar-refractivity contribution in [1.82, 2.24) is 20.5 Å². The molecule has 0 radical (unpaired) electrons. The van der Waals surface area contributed by atoms with E-state index in [1.165, 1.54) is 6.07 Å². The van der Waals surface area contributed by atoms with E-state index in [1.807, 2.05) is 0 Å². The summed E-state index contributed by atoms with van der Waals surface area (Å²) in [7, 11) is 0. The summed E-state index contributed by atoms with van der Waals surface area (Å²) < 4.78 is 14.1. The minimum Gasteiger partial charge on any atom is -0.356 e. The van der Waals surface area contributed by atoms with E-state index in [4.69, 9.17) is 23.2 Å². The molecule has 0 spiro atoms. The predicted octanol–water partition coefficient (Wildman–Crippen LogP) is 3.84. The standard InChI is InChI=1S/C26H29Cl2FN4O4/c1-2-20(34)18(8-12-6-7-30-24(12)35)32-25(36)23-14-5-3-4-13(14)11-33(23)26(37)19-9-15-16(27)10-17(29)21(28)22(15)31-19/h9-10,12-14,18,23,31H,2-8,11H2,1H3,(H,30,35)(H,32,36). The number of nitrogens with zero attached hydrogens (tertiary/aromatic N) is 1. The molecule has 8 nitrogen and oxygen atoms in total. The predicted molar refractivity (Wildman–Crippen MR) is 137 cm³/mol. The molecule has 3 fully saturated rings. The number of hydrogen-bond donors (Lipinski definition) is 3. The molecule has 0 bridgehead atoms. The smallest absolute Gasteiger partial charge is 0.271 e. The van der Waals surface area contributed by atoms with Gasteiger partial charge in [-0.25, -0.2) is 4.39 Å². The maximum Gasteiger partial charge on any atom is 0.271 e. The molecule has 11 heteroatoms. The summed E-state index contributed by atoms with van der Waals surface area (Å²) in [4.78, 5) is 56.6. The van der Waals surface area contributed by atoms with Crippen molar-refractivity contribution in [3.05, 3.63) is 33.7 Å². The maximum absolute atomic E-state index is 14.1. The van der Waals surface area contributed by atoms with Crippen LogP contribution in [0.3, 0.4) is 0 Å². The Labute approximate surface area is 223 Å². The largest absolute Gasteiger partial charge is 0.356 e. The number of benzene rings is 1. The average molecular weight is 551 g/mol. The molecule has 2 aromatic rings. The molecular weight excluding hydrogens is 522 g/mol. The number of Topliss-reactive ketones (excluding diaryl/α,β-unsaturated/α-hetero) is 1. The third kappa shape index (κ3) is 4.72. The van der Waals surface area contributed by atoms with Gasteiger partial charge in [0.25, 0.3) is 5.91 Å². The van der Waals surface area contributed by atoms with Gasteiger partial charge in [-0.2, -0.15) is 0 Å². The summed E-state index contributed by atoms with van der Waals surface area (Å²) in [6.45, 7) is 2.69. The number of carbonyl (C=O) groups is 4. The number of nitrogens with one attached hydrogen (secondary N) is 3. The summed E-state index contributed by atoms with van der Waals surface area (Å²) in [5.74, 6) is -1.92. The number of fused-ring (bicyclic) bond motifs is 2. The van der Waals surface area contributed by atoms with Crippen LogP contribution in [0.1, 0.15) is 55.9 Å². The monoisotopic (exact) mass is 550 g/mol. The summed E-state index contributed by atoms with van der Waals surface area (Å²) in [6, 6.07) is 1.08. The molecule has 5 atom stereocenters. The van der Waals surface area contributed by atoms with Crippen molar-refractivity contribution < 1.29 is 23.6 Å². The van der Waals surface area contributed by atoms with Gasteiger partial charge in [-0.3, -0.25) is 19.2 Å². The maximum atomic E-state index is 14.1. The third-order valence-electron chi connectivity index (χ3n) is 8.14. The second kappa shape index (κ2) is 10.3. The summed E-state index contributed by atoms with van der Waals surface area (Å²) in [5, 5.41) is 6.04. The quantitative estimate of drug-likeness (QED) is 0.454. The van der Waals surface area contributed by atoms with E-state index in [2.05, 4.69) is 15.6 Å². The molecule has 3 aliphatic rings. The van der Waals surface area contributed by atoms with Crippen LogP contribution in [0, 0.1) is 23.6 Å². The Morgan fingerprint density at radius 3 is 2.70 bits per heavy atom. The minimum atomic E-state index is -0.794. The van der Waals surface area contributed by atoms with Gasteiger partial charge < -0.3 is 20.5 Å². The zero-order chi connectivity index (χ0) is 26.4. The number of carbonyl (C=O) groups excluding carboxylic acids is 4. The number of H-pyrrole nitrogens is 1. The van der Waals surface area contributed by atoms with E-state index in [-0.39, 0.29) is 69.4 Å². The van der Waals surface area contributed by atoms with E-state index in [1.54, 1.807) is 11.8 Å².